The van der Waals surface area contributed by atoms with E-state index in [9.17, 15) is 9.59 Å². The van der Waals surface area contributed by atoms with Crippen LogP contribution in [-0.4, -0.2) is 35.2 Å². The molecular formula is C17H13N3O3. The Bertz CT molecular complexity index is 794. The Morgan fingerprint density at radius 2 is 2.22 bits per heavy atom. The summed E-state index contributed by atoms with van der Waals surface area (Å²) in [5, 5.41) is 0. The summed E-state index contributed by atoms with van der Waals surface area (Å²) in [4.78, 5) is 31.7. The van der Waals surface area contributed by atoms with Gasteiger partial charge >= 0.3 is 0 Å². The van der Waals surface area contributed by atoms with E-state index in [1.165, 1.54) is 11.1 Å². The Morgan fingerprint density at radius 3 is 2.91 bits per heavy atom. The standard InChI is InChI=1S/C17H13N3O3/c1-18-13-2-5-16(19-11-13)23-14-3-4-15-12(10-14)6-7-20(8-9-21)17(15)22/h2-5,9-11H,6-8H2. The molecule has 6 heteroatoms. The van der Waals surface area contributed by atoms with Gasteiger partial charge in [-0.3, -0.25) is 4.79 Å². The summed E-state index contributed by atoms with van der Waals surface area (Å²) in [5.74, 6) is 0.843. The van der Waals surface area contributed by atoms with Crippen LogP contribution in [0, 0.1) is 6.57 Å². The van der Waals surface area contributed by atoms with E-state index in [4.69, 9.17) is 11.3 Å². The highest BCUT2D eigenvalue weighted by atomic mass is 16.5. The van der Waals surface area contributed by atoms with Crippen LogP contribution in [0.3, 0.4) is 0 Å². The summed E-state index contributed by atoms with van der Waals surface area (Å²) in [6.45, 7) is 7.53. The smallest absolute Gasteiger partial charge is 0.254 e. The number of carbonyl (C=O) groups is 2. The average Bonchev–Trinajstić information content (AvgIpc) is 2.58. The topological polar surface area (TPSA) is 63.9 Å². The summed E-state index contributed by atoms with van der Waals surface area (Å²) in [5.41, 5.74) is 1.94. The zero-order valence-corrected chi connectivity index (χ0v) is 12.2. The van der Waals surface area contributed by atoms with Gasteiger partial charge in [-0.15, -0.1) is 0 Å². The van der Waals surface area contributed by atoms with Gasteiger partial charge in [0.2, 0.25) is 11.6 Å². The molecule has 0 spiro atoms. The van der Waals surface area contributed by atoms with Gasteiger partial charge in [0.25, 0.3) is 5.91 Å². The van der Waals surface area contributed by atoms with E-state index in [1.54, 1.807) is 24.3 Å². The zero-order chi connectivity index (χ0) is 16.2. The molecule has 0 N–H and O–H groups in total. The fraction of sp³-hybridized carbons (Fsp3) is 0.176. The van der Waals surface area contributed by atoms with Crippen LogP contribution >= 0.6 is 0 Å². The molecule has 6 nitrogen and oxygen atoms in total. The molecule has 0 fully saturated rings. The Labute approximate surface area is 133 Å². The van der Waals surface area contributed by atoms with E-state index in [0.29, 0.717) is 35.8 Å². The van der Waals surface area contributed by atoms with E-state index >= 15 is 0 Å². The molecule has 0 radical (unpaired) electrons. The lowest BCUT2D eigenvalue weighted by atomic mass is 9.99. The molecule has 0 unspecified atom stereocenters. The molecule has 0 saturated heterocycles. The van der Waals surface area contributed by atoms with E-state index in [2.05, 4.69) is 9.83 Å². The number of rotatable bonds is 4. The number of hydrogen-bond acceptors (Lipinski definition) is 4. The second-order valence-corrected chi connectivity index (χ2v) is 5.06. The normalized spacial score (nSPS) is 13.2. The minimum atomic E-state index is -0.135. The zero-order valence-electron chi connectivity index (χ0n) is 12.2. The molecule has 1 aliphatic rings. The lowest BCUT2D eigenvalue weighted by Gasteiger charge is -2.27. The SMILES string of the molecule is [C-]#[N+]c1ccc(Oc2ccc3c(c2)CCN(CC=O)C3=O)nc1. The summed E-state index contributed by atoms with van der Waals surface area (Å²) in [7, 11) is 0. The van der Waals surface area contributed by atoms with Crippen molar-refractivity contribution in [3.63, 3.8) is 0 Å². The highest BCUT2D eigenvalue weighted by molar-refractivity contribution is 5.97. The van der Waals surface area contributed by atoms with Gasteiger partial charge in [-0.1, -0.05) is 0 Å². The number of amides is 1. The van der Waals surface area contributed by atoms with Crippen molar-refractivity contribution >= 4 is 17.9 Å². The van der Waals surface area contributed by atoms with Crippen molar-refractivity contribution < 1.29 is 14.3 Å². The van der Waals surface area contributed by atoms with Gasteiger partial charge in [-0.25, -0.2) is 9.83 Å². The third kappa shape index (κ3) is 3.04. The molecule has 0 saturated carbocycles. The van der Waals surface area contributed by atoms with Crippen molar-refractivity contribution in [1.82, 2.24) is 9.88 Å². The first-order valence-electron chi connectivity index (χ1n) is 7.08. The molecule has 2 aromatic rings. The van der Waals surface area contributed by atoms with Crippen molar-refractivity contribution in [3.05, 3.63) is 59.1 Å². The van der Waals surface area contributed by atoms with Crippen molar-refractivity contribution in [3.8, 4) is 11.6 Å². The molecule has 1 amide bonds. The molecule has 1 aromatic heterocycles. The highest BCUT2D eigenvalue weighted by Gasteiger charge is 2.24. The van der Waals surface area contributed by atoms with Gasteiger partial charge in [0.1, 0.15) is 12.0 Å². The van der Waals surface area contributed by atoms with Gasteiger partial charge in [0, 0.05) is 18.3 Å². The van der Waals surface area contributed by atoms with E-state index in [-0.39, 0.29) is 12.5 Å². The Kier molecular flexibility index (Phi) is 4.02. The molecule has 2 heterocycles. The number of pyridine rings is 1. The Balaban J connectivity index is 1.80. The summed E-state index contributed by atoms with van der Waals surface area (Å²) in [6.07, 6.45) is 2.86. The minimum Gasteiger partial charge on any atom is -0.439 e. The van der Waals surface area contributed by atoms with Crippen LogP contribution < -0.4 is 4.74 Å². The lowest BCUT2D eigenvalue weighted by molar-refractivity contribution is -0.108. The molecule has 0 bridgehead atoms. The van der Waals surface area contributed by atoms with Crippen molar-refractivity contribution in [1.29, 1.82) is 0 Å². The van der Waals surface area contributed by atoms with Crippen molar-refractivity contribution in [2.24, 2.45) is 0 Å². The maximum atomic E-state index is 12.2. The van der Waals surface area contributed by atoms with Crippen LogP contribution in [0.2, 0.25) is 0 Å². The van der Waals surface area contributed by atoms with Gasteiger partial charge in [-0.2, -0.15) is 0 Å². The van der Waals surface area contributed by atoms with Crippen LogP contribution in [0.5, 0.6) is 11.6 Å². The van der Waals surface area contributed by atoms with E-state index in [0.717, 1.165) is 11.8 Å². The van der Waals surface area contributed by atoms with Gasteiger partial charge in [0.05, 0.1) is 13.1 Å². The minimum absolute atomic E-state index is 0.119. The third-order valence-electron chi connectivity index (χ3n) is 3.61. The maximum absolute atomic E-state index is 12.2. The van der Waals surface area contributed by atoms with Gasteiger partial charge in [0.15, 0.2) is 0 Å². The Hall–Kier alpha value is -3.20. The number of nitrogens with zero attached hydrogens (tertiary/aromatic N) is 3. The quantitative estimate of drug-likeness (QED) is 0.643. The molecule has 3 rings (SSSR count). The first-order chi connectivity index (χ1) is 11.2. The number of aromatic nitrogens is 1. The molecule has 1 aliphatic heterocycles. The van der Waals surface area contributed by atoms with Gasteiger partial charge < -0.3 is 14.4 Å². The molecule has 0 atom stereocenters. The van der Waals surface area contributed by atoms with Crippen molar-refractivity contribution in [2.75, 3.05) is 13.1 Å². The maximum Gasteiger partial charge on any atom is 0.254 e. The van der Waals surface area contributed by atoms with Gasteiger partial charge in [-0.05, 0) is 42.3 Å². The third-order valence-corrected chi connectivity index (χ3v) is 3.61. The number of aldehydes is 1. The van der Waals surface area contributed by atoms with Crippen LogP contribution in [0.4, 0.5) is 5.69 Å². The predicted molar refractivity (Wildman–Crippen MR) is 82.7 cm³/mol. The lowest BCUT2D eigenvalue weighted by Crippen LogP contribution is -2.38. The fourth-order valence-corrected chi connectivity index (χ4v) is 2.46. The second-order valence-electron chi connectivity index (χ2n) is 5.06. The summed E-state index contributed by atoms with van der Waals surface area (Å²) in [6, 6.07) is 8.48. The predicted octanol–water partition coefficient (Wildman–Crippen LogP) is 2.62. The number of ether oxygens (including phenoxy) is 1. The van der Waals surface area contributed by atoms with Crippen LogP contribution in [0.1, 0.15) is 15.9 Å². The van der Waals surface area contributed by atoms with Crippen molar-refractivity contribution in [2.45, 2.75) is 6.42 Å². The van der Waals surface area contributed by atoms with Crippen LogP contribution in [-0.2, 0) is 11.2 Å². The first-order valence-corrected chi connectivity index (χ1v) is 7.08. The largest absolute Gasteiger partial charge is 0.439 e. The monoisotopic (exact) mass is 307 g/mol. The first kappa shape index (κ1) is 14.7. The molecule has 1 aromatic carbocycles. The molecule has 114 valence electrons. The van der Waals surface area contributed by atoms with Crippen LogP contribution in [0.25, 0.3) is 4.85 Å². The fourth-order valence-electron chi connectivity index (χ4n) is 2.46. The molecule has 0 aliphatic carbocycles. The van der Waals surface area contributed by atoms with E-state index in [1.807, 2.05) is 6.07 Å². The summed E-state index contributed by atoms with van der Waals surface area (Å²) >= 11 is 0. The average molecular weight is 307 g/mol. The number of carbonyl (C=O) groups excluding carboxylic acids is 2. The number of benzene rings is 1. The van der Waals surface area contributed by atoms with E-state index < -0.39 is 0 Å². The molecular weight excluding hydrogens is 294 g/mol. The number of hydrogen-bond donors (Lipinski definition) is 0. The Morgan fingerprint density at radius 1 is 1.35 bits per heavy atom. The van der Waals surface area contributed by atoms with Crippen LogP contribution in [0.15, 0.2) is 36.5 Å². The highest BCUT2D eigenvalue weighted by Crippen LogP contribution is 2.27. The number of fused-ring (bicyclic) bond motifs is 1. The molecule has 23 heavy (non-hydrogen) atoms. The second kappa shape index (κ2) is 6.28. The summed E-state index contributed by atoms with van der Waals surface area (Å²) < 4.78 is 5.66.